The Hall–Kier alpha value is -2.59. The predicted octanol–water partition coefficient (Wildman–Crippen LogP) is 3.54. The molecular weight excluding hydrogens is 442 g/mol. The maximum absolute atomic E-state index is 12.8. The van der Waals surface area contributed by atoms with Gasteiger partial charge in [-0.05, 0) is 36.8 Å². The molecule has 5 rings (SSSR count). The highest BCUT2D eigenvalue weighted by atomic mass is 19.3. The van der Waals surface area contributed by atoms with Crippen molar-refractivity contribution in [2.24, 2.45) is 5.41 Å². The number of nitrogens with zero attached hydrogens (tertiary/aromatic N) is 5. The Labute approximate surface area is 198 Å². The number of aromatic nitrogens is 3. The largest absolute Gasteiger partial charge is 0.431 e. The van der Waals surface area contributed by atoms with Gasteiger partial charge in [0, 0.05) is 55.6 Å². The zero-order chi connectivity index (χ0) is 23.9. The Kier molecular flexibility index (Phi) is 6.28. The number of halogens is 2. The third-order valence-corrected chi connectivity index (χ3v) is 7.18. The van der Waals surface area contributed by atoms with E-state index >= 15 is 0 Å². The van der Waals surface area contributed by atoms with E-state index in [2.05, 4.69) is 33.4 Å². The van der Waals surface area contributed by atoms with Crippen LogP contribution in [0, 0.1) is 5.41 Å². The lowest BCUT2D eigenvalue weighted by atomic mass is 9.77. The number of pyridine rings is 1. The summed E-state index contributed by atoms with van der Waals surface area (Å²) in [4.78, 5) is 18.6. The lowest BCUT2D eigenvalue weighted by Crippen LogP contribution is -2.49. The van der Waals surface area contributed by atoms with E-state index in [4.69, 9.17) is 20.4 Å². The summed E-state index contributed by atoms with van der Waals surface area (Å²) in [5.41, 5.74) is 8.15. The summed E-state index contributed by atoms with van der Waals surface area (Å²) in [5, 5.41) is 0. The normalized spacial score (nSPS) is 24.9. The molecule has 10 heteroatoms. The minimum atomic E-state index is -2.98. The first-order valence-electron chi connectivity index (χ1n) is 11.9. The topological polar surface area (TPSA) is 89.6 Å². The van der Waals surface area contributed by atoms with Gasteiger partial charge < -0.3 is 20.1 Å². The lowest BCUT2D eigenvalue weighted by Gasteiger charge is -2.44. The molecule has 1 saturated carbocycles. The number of hydrogen-bond donors (Lipinski definition) is 1. The monoisotopic (exact) mass is 474 g/mol. The summed E-state index contributed by atoms with van der Waals surface area (Å²) in [5.74, 6) is 0.795. The van der Waals surface area contributed by atoms with Crippen molar-refractivity contribution in [2.75, 3.05) is 50.0 Å². The van der Waals surface area contributed by atoms with Gasteiger partial charge in [-0.25, -0.2) is 15.0 Å². The van der Waals surface area contributed by atoms with E-state index in [1.165, 1.54) is 6.07 Å². The van der Waals surface area contributed by atoms with E-state index in [0.717, 1.165) is 64.3 Å². The summed E-state index contributed by atoms with van der Waals surface area (Å²) >= 11 is 0. The molecule has 8 nitrogen and oxygen atoms in total. The van der Waals surface area contributed by atoms with Crippen molar-refractivity contribution in [1.29, 1.82) is 0 Å². The molecule has 2 aromatic rings. The van der Waals surface area contributed by atoms with Crippen molar-refractivity contribution >= 4 is 11.8 Å². The molecule has 0 radical (unpaired) electrons. The smallest absolute Gasteiger partial charge is 0.387 e. The first kappa shape index (κ1) is 23.2. The van der Waals surface area contributed by atoms with Crippen LogP contribution in [-0.2, 0) is 4.74 Å². The average Bonchev–Trinajstić information content (AvgIpc) is 3.14. The number of ether oxygens (including phenoxy) is 2. The molecule has 0 unspecified atom stereocenters. The number of anilines is 2. The van der Waals surface area contributed by atoms with Gasteiger partial charge in [0.05, 0.1) is 18.9 Å². The molecule has 0 amide bonds. The highest BCUT2D eigenvalue weighted by Crippen LogP contribution is 2.41. The van der Waals surface area contributed by atoms with Gasteiger partial charge in [0.1, 0.15) is 0 Å². The zero-order valence-corrected chi connectivity index (χ0v) is 19.7. The number of hydrogen-bond acceptors (Lipinski definition) is 8. The van der Waals surface area contributed by atoms with Gasteiger partial charge in [-0.3, -0.25) is 4.90 Å². The fourth-order valence-electron chi connectivity index (χ4n) is 5.09. The van der Waals surface area contributed by atoms with Gasteiger partial charge >= 0.3 is 6.61 Å². The molecule has 1 aliphatic carbocycles. The number of nitrogen functional groups attached to an aromatic ring is 1. The molecule has 0 bridgehead atoms. The second-order valence-corrected chi connectivity index (χ2v) is 10.3. The number of morpholine rings is 1. The van der Waals surface area contributed by atoms with Crippen LogP contribution in [0.4, 0.5) is 20.5 Å². The highest BCUT2D eigenvalue weighted by molar-refractivity contribution is 5.65. The van der Waals surface area contributed by atoms with Gasteiger partial charge in [0.25, 0.3) is 0 Å². The second kappa shape index (κ2) is 9.22. The van der Waals surface area contributed by atoms with Gasteiger partial charge in [-0.15, -0.1) is 0 Å². The van der Waals surface area contributed by atoms with Crippen LogP contribution >= 0.6 is 0 Å². The van der Waals surface area contributed by atoms with E-state index in [9.17, 15) is 8.78 Å². The van der Waals surface area contributed by atoms with E-state index in [1.54, 1.807) is 6.20 Å². The SMILES string of the molecule is CC1(C)CCN(c2nc(-c3cnc(N)c(OC(F)F)c3)cc(C3CC(N4CCOCC4)C3)n2)C1. The number of rotatable bonds is 6. The molecular formula is C24H32F2N6O2. The first-order chi connectivity index (χ1) is 16.3. The van der Waals surface area contributed by atoms with Gasteiger partial charge in [0.2, 0.25) is 5.95 Å². The van der Waals surface area contributed by atoms with Crippen LogP contribution in [0.3, 0.4) is 0 Å². The maximum atomic E-state index is 12.8. The van der Waals surface area contributed by atoms with Gasteiger partial charge in [0.15, 0.2) is 11.6 Å². The van der Waals surface area contributed by atoms with E-state index in [1.807, 2.05) is 6.07 Å². The van der Waals surface area contributed by atoms with Crippen molar-refractivity contribution in [3.05, 3.63) is 24.0 Å². The Bertz CT molecular complexity index is 1020. The second-order valence-electron chi connectivity index (χ2n) is 10.3. The van der Waals surface area contributed by atoms with Crippen LogP contribution in [0.25, 0.3) is 11.3 Å². The summed E-state index contributed by atoms with van der Waals surface area (Å²) < 4.78 is 35.7. The molecule has 0 atom stereocenters. The third kappa shape index (κ3) is 4.93. The maximum Gasteiger partial charge on any atom is 0.387 e. The standard InChI is InChI=1S/C24H32F2N6O2/c1-24(2)3-4-32(14-24)23-29-18(15-9-17(10-15)31-5-7-33-8-6-31)12-19(30-23)16-11-20(34-22(25)26)21(27)28-13-16/h11-13,15,17,22H,3-10,14H2,1-2H3,(H2,27,28). The average molecular weight is 475 g/mol. The van der Waals surface area contributed by atoms with Crippen molar-refractivity contribution in [3.63, 3.8) is 0 Å². The lowest BCUT2D eigenvalue weighted by molar-refractivity contribution is -0.0494. The predicted molar refractivity (Wildman–Crippen MR) is 125 cm³/mol. The Balaban J connectivity index is 1.44. The third-order valence-electron chi connectivity index (χ3n) is 7.18. The summed E-state index contributed by atoms with van der Waals surface area (Å²) in [6.07, 6.45) is 4.70. The molecule has 0 spiro atoms. The van der Waals surface area contributed by atoms with E-state index < -0.39 is 6.61 Å². The van der Waals surface area contributed by atoms with Gasteiger partial charge in [-0.1, -0.05) is 13.8 Å². The van der Waals surface area contributed by atoms with Crippen LogP contribution < -0.4 is 15.4 Å². The molecule has 3 fully saturated rings. The minimum absolute atomic E-state index is 0.0767. The molecule has 2 aromatic heterocycles. The molecule has 4 heterocycles. The van der Waals surface area contributed by atoms with Gasteiger partial charge in [-0.2, -0.15) is 8.78 Å². The Morgan fingerprint density at radius 2 is 1.91 bits per heavy atom. The molecule has 0 aromatic carbocycles. The van der Waals surface area contributed by atoms with Crippen LogP contribution in [-0.4, -0.2) is 71.9 Å². The molecule has 2 N–H and O–H groups in total. The Morgan fingerprint density at radius 1 is 1.15 bits per heavy atom. The molecule has 2 saturated heterocycles. The Morgan fingerprint density at radius 3 is 2.59 bits per heavy atom. The van der Waals surface area contributed by atoms with Crippen molar-refractivity contribution in [1.82, 2.24) is 19.9 Å². The van der Waals surface area contributed by atoms with Crippen LogP contribution in [0.15, 0.2) is 18.3 Å². The number of nitrogens with two attached hydrogens (primary N) is 1. The van der Waals surface area contributed by atoms with Crippen molar-refractivity contribution in [2.45, 2.75) is 51.7 Å². The van der Waals surface area contributed by atoms with Crippen LogP contribution in [0.1, 0.15) is 44.7 Å². The fourth-order valence-corrected chi connectivity index (χ4v) is 5.09. The molecule has 184 valence electrons. The van der Waals surface area contributed by atoms with Crippen LogP contribution in [0.2, 0.25) is 0 Å². The van der Waals surface area contributed by atoms with Crippen molar-refractivity contribution in [3.8, 4) is 17.0 Å². The molecule has 2 aliphatic heterocycles. The first-order valence-corrected chi connectivity index (χ1v) is 11.9. The minimum Gasteiger partial charge on any atom is -0.431 e. The highest BCUT2D eigenvalue weighted by Gasteiger charge is 2.37. The van der Waals surface area contributed by atoms with E-state index in [0.29, 0.717) is 29.2 Å². The molecule has 34 heavy (non-hydrogen) atoms. The van der Waals surface area contributed by atoms with Crippen LogP contribution in [0.5, 0.6) is 5.75 Å². The van der Waals surface area contributed by atoms with E-state index in [-0.39, 0.29) is 17.0 Å². The summed E-state index contributed by atoms with van der Waals surface area (Å²) in [6.45, 7) is 6.81. The molecule has 3 aliphatic rings. The van der Waals surface area contributed by atoms with Crippen molar-refractivity contribution < 1.29 is 18.3 Å². The quantitative estimate of drug-likeness (QED) is 0.680. The zero-order valence-electron chi connectivity index (χ0n) is 19.7. The number of alkyl halides is 2. The summed E-state index contributed by atoms with van der Waals surface area (Å²) in [6, 6.07) is 3.99. The fraction of sp³-hybridized carbons (Fsp3) is 0.625. The summed E-state index contributed by atoms with van der Waals surface area (Å²) in [7, 11) is 0.